The fourth-order valence-electron chi connectivity index (χ4n) is 2.64. The van der Waals surface area contributed by atoms with E-state index in [1.165, 1.54) is 18.4 Å². The summed E-state index contributed by atoms with van der Waals surface area (Å²) in [7, 11) is 0. The molecular weight excluding hydrogens is 226 g/mol. The molecule has 3 nitrogen and oxygen atoms in total. The highest BCUT2D eigenvalue weighted by molar-refractivity contribution is 5.89. The summed E-state index contributed by atoms with van der Waals surface area (Å²) in [5.74, 6) is 0.300. The quantitative estimate of drug-likeness (QED) is 0.836. The second-order valence-corrected chi connectivity index (χ2v) is 4.97. The number of esters is 1. The van der Waals surface area contributed by atoms with Crippen molar-refractivity contribution in [2.45, 2.75) is 44.6 Å². The van der Waals surface area contributed by atoms with Crippen LogP contribution in [-0.4, -0.2) is 18.6 Å². The van der Waals surface area contributed by atoms with Crippen LogP contribution in [0.3, 0.4) is 0 Å². The maximum atomic E-state index is 11.5. The average Bonchev–Trinajstić information content (AvgIpc) is 2.39. The standard InChI is InChI=1S/C15H21NO2/c1-2-18-15(17)12-8-6-11(7-9-12)13-4-3-5-14(16)10-13/h6-9,13-14H,2-5,10,16H2,1H3/t13-,14+/m1/s1. The zero-order chi connectivity index (χ0) is 13.0. The number of hydrogen-bond donors (Lipinski definition) is 1. The molecule has 0 aliphatic heterocycles. The Kier molecular flexibility index (Phi) is 4.37. The zero-order valence-electron chi connectivity index (χ0n) is 10.9. The highest BCUT2D eigenvalue weighted by Crippen LogP contribution is 2.32. The predicted octanol–water partition coefficient (Wildman–Crippen LogP) is 2.85. The molecule has 0 aromatic heterocycles. The van der Waals surface area contributed by atoms with Crippen LogP contribution in [0.4, 0.5) is 0 Å². The van der Waals surface area contributed by atoms with Crippen molar-refractivity contribution in [3.05, 3.63) is 35.4 Å². The summed E-state index contributed by atoms with van der Waals surface area (Å²) in [5.41, 5.74) is 7.92. The Labute approximate surface area is 108 Å². The van der Waals surface area contributed by atoms with Gasteiger partial charge in [-0.05, 0) is 49.8 Å². The predicted molar refractivity (Wildman–Crippen MR) is 71.6 cm³/mol. The van der Waals surface area contributed by atoms with Gasteiger partial charge in [-0.3, -0.25) is 0 Å². The van der Waals surface area contributed by atoms with Crippen LogP contribution >= 0.6 is 0 Å². The van der Waals surface area contributed by atoms with Crippen molar-refractivity contribution in [3.8, 4) is 0 Å². The maximum absolute atomic E-state index is 11.5. The molecule has 0 saturated heterocycles. The Morgan fingerprint density at radius 1 is 1.33 bits per heavy atom. The topological polar surface area (TPSA) is 52.3 Å². The summed E-state index contributed by atoms with van der Waals surface area (Å²) in [5, 5.41) is 0. The summed E-state index contributed by atoms with van der Waals surface area (Å²) < 4.78 is 4.97. The Morgan fingerprint density at radius 3 is 2.67 bits per heavy atom. The number of rotatable bonds is 3. The lowest BCUT2D eigenvalue weighted by Crippen LogP contribution is -2.26. The molecule has 2 N–H and O–H groups in total. The van der Waals surface area contributed by atoms with Gasteiger partial charge in [-0.15, -0.1) is 0 Å². The van der Waals surface area contributed by atoms with Crippen LogP contribution in [-0.2, 0) is 4.74 Å². The molecule has 2 atom stereocenters. The first-order valence-electron chi connectivity index (χ1n) is 6.73. The lowest BCUT2D eigenvalue weighted by molar-refractivity contribution is 0.0526. The molecule has 2 rings (SSSR count). The molecular formula is C15H21NO2. The van der Waals surface area contributed by atoms with Gasteiger partial charge in [0.05, 0.1) is 12.2 Å². The third kappa shape index (κ3) is 3.10. The van der Waals surface area contributed by atoms with E-state index in [4.69, 9.17) is 10.5 Å². The van der Waals surface area contributed by atoms with Gasteiger partial charge < -0.3 is 10.5 Å². The number of carbonyl (C=O) groups excluding carboxylic acids is 1. The van der Waals surface area contributed by atoms with E-state index in [-0.39, 0.29) is 5.97 Å². The Bertz CT molecular complexity index is 399. The first kappa shape index (κ1) is 13.1. The van der Waals surface area contributed by atoms with Gasteiger partial charge in [-0.25, -0.2) is 4.79 Å². The van der Waals surface area contributed by atoms with Crippen LogP contribution in [0.15, 0.2) is 24.3 Å². The van der Waals surface area contributed by atoms with Crippen LogP contribution in [0.25, 0.3) is 0 Å². The van der Waals surface area contributed by atoms with Crippen LogP contribution < -0.4 is 5.73 Å². The second kappa shape index (κ2) is 6.01. The highest BCUT2D eigenvalue weighted by Gasteiger charge is 2.20. The molecule has 0 unspecified atom stereocenters. The number of carbonyl (C=O) groups is 1. The Morgan fingerprint density at radius 2 is 2.06 bits per heavy atom. The molecule has 0 bridgehead atoms. The van der Waals surface area contributed by atoms with E-state index in [1.807, 2.05) is 31.2 Å². The van der Waals surface area contributed by atoms with Crippen LogP contribution in [0, 0.1) is 0 Å². The maximum Gasteiger partial charge on any atom is 0.338 e. The SMILES string of the molecule is CCOC(=O)c1ccc([C@@H]2CCC[C@H](N)C2)cc1. The number of hydrogen-bond acceptors (Lipinski definition) is 3. The van der Waals surface area contributed by atoms with E-state index in [2.05, 4.69) is 0 Å². The average molecular weight is 247 g/mol. The third-order valence-electron chi connectivity index (χ3n) is 3.61. The van der Waals surface area contributed by atoms with Crippen molar-refractivity contribution < 1.29 is 9.53 Å². The molecule has 1 fully saturated rings. The second-order valence-electron chi connectivity index (χ2n) is 4.97. The molecule has 1 aliphatic rings. The number of benzene rings is 1. The summed E-state index contributed by atoms with van der Waals surface area (Å²) in [6, 6.07) is 8.11. The van der Waals surface area contributed by atoms with E-state index >= 15 is 0 Å². The first-order chi connectivity index (χ1) is 8.70. The van der Waals surface area contributed by atoms with E-state index in [0.717, 1.165) is 12.8 Å². The molecule has 1 aliphatic carbocycles. The van der Waals surface area contributed by atoms with Gasteiger partial charge in [0.2, 0.25) is 0 Å². The molecule has 18 heavy (non-hydrogen) atoms. The third-order valence-corrected chi connectivity index (χ3v) is 3.61. The van der Waals surface area contributed by atoms with Crippen LogP contribution in [0.1, 0.15) is 54.4 Å². The van der Waals surface area contributed by atoms with Gasteiger partial charge in [0.15, 0.2) is 0 Å². The van der Waals surface area contributed by atoms with Crippen LogP contribution in [0.5, 0.6) is 0 Å². The van der Waals surface area contributed by atoms with Gasteiger partial charge in [-0.1, -0.05) is 18.6 Å². The zero-order valence-corrected chi connectivity index (χ0v) is 10.9. The Hall–Kier alpha value is -1.35. The minimum atomic E-state index is -0.246. The molecule has 1 aromatic carbocycles. The highest BCUT2D eigenvalue weighted by atomic mass is 16.5. The van der Waals surface area contributed by atoms with Gasteiger partial charge in [0.1, 0.15) is 0 Å². The van der Waals surface area contributed by atoms with Gasteiger partial charge in [0, 0.05) is 6.04 Å². The largest absolute Gasteiger partial charge is 0.462 e. The molecule has 1 aromatic rings. The lowest BCUT2D eigenvalue weighted by atomic mass is 9.81. The van der Waals surface area contributed by atoms with Crippen molar-refractivity contribution in [3.63, 3.8) is 0 Å². The van der Waals surface area contributed by atoms with E-state index in [0.29, 0.717) is 24.1 Å². The van der Waals surface area contributed by atoms with Crippen molar-refractivity contribution in [2.75, 3.05) is 6.61 Å². The summed E-state index contributed by atoms with van der Waals surface area (Å²) in [4.78, 5) is 11.5. The van der Waals surface area contributed by atoms with Crippen molar-refractivity contribution >= 4 is 5.97 Å². The first-order valence-corrected chi connectivity index (χ1v) is 6.73. The molecule has 1 saturated carbocycles. The van der Waals surface area contributed by atoms with Gasteiger partial charge in [-0.2, -0.15) is 0 Å². The Balaban J connectivity index is 2.05. The summed E-state index contributed by atoms with van der Waals surface area (Å²) in [6.45, 7) is 2.23. The molecule has 98 valence electrons. The summed E-state index contributed by atoms with van der Waals surface area (Å²) in [6.07, 6.45) is 4.59. The molecule has 3 heteroatoms. The van der Waals surface area contributed by atoms with E-state index in [9.17, 15) is 4.79 Å². The fourth-order valence-corrected chi connectivity index (χ4v) is 2.64. The van der Waals surface area contributed by atoms with E-state index in [1.54, 1.807) is 0 Å². The molecule has 0 heterocycles. The van der Waals surface area contributed by atoms with Crippen molar-refractivity contribution in [1.29, 1.82) is 0 Å². The monoisotopic (exact) mass is 247 g/mol. The number of nitrogens with two attached hydrogens (primary N) is 1. The molecule has 0 amide bonds. The minimum Gasteiger partial charge on any atom is -0.462 e. The van der Waals surface area contributed by atoms with Crippen molar-refractivity contribution in [2.24, 2.45) is 5.73 Å². The lowest BCUT2D eigenvalue weighted by Gasteiger charge is -2.26. The van der Waals surface area contributed by atoms with Crippen molar-refractivity contribution in [1.82, 2.24) is 0 Å². The fraction of sp³-hybridized carbons (Fsp3) is 0.533. The smallest absolute Gasteiger partial charge is 0.338 e. The van der Waals surface area contributed by atoms with Gasteiger partial charge in [0.25, 0.3) is 0 Å². The van der Waals surface area contributed by atoms with Crippen LogP contribution in [0.2, 0.25) is 0 Å². The van der Waals surface area contributed by atoms with Gasteiger partial charge >= 0.3 is 5.97 Å². The minimum absolute atomic E-state index is 0.246. The number of ether oxygens (including phenoxy) is 1. The molecule has 0 radical (unpaired) electrons. The summed E-state index contributed by atoms with van der Waals surface area (Å²) >= 11 is 0. The molecule has 0 spiro atoms. The van der Waals surface area contributed by atoms with E-state index < -0.39 is 0 Å². The normalized spacial score (nSPS) is 23.7.